The maximum Gasteiger partial charge on any atom is 0.225 e. The van der Waals surface area contributed by atoms with Gasteiger partial charge in [-0.05, 0) is 37.1 Å². The topological polar surface area (TPSA) is 67.4 Å². The minimum atomic E-state index is 0.0407. The van der Waals surface area contributed by atoms with Crippen molar-refractivity contribution in [1.82, 2.24) is 15.3 Å². The van der Waals surface area contributed by atoms with Crippen LogP contribution in [0.2, 0.25) is 0 Å². The molecular weight excluding hydrogens is 324 g/mol. The van der Waals surface area contributed by atoms with Crippen molar-refractivity contribution >= 4 is 33.3 Å². The fourth-order valence-electron chi connectivity index (χ4n) is 3.51. The summed E-state index contributed by atoms with van der Waals surface area (Å²) in [5, 5.41) is 5.32. The summed E-state index contributed by atoms with van der Waals surface area (Å²) in [7, 11) is 0. The van der Waals surface area contributed by atoms with E-state index in [9.17, 15) is 4.79 Å². The van der Waals surface area contributed by atoms with Gasteiger partial charge in [0.05, 0.1) is 16.1 Å². The average Bonchev–Trinajstić information content (AvgIpc) is 3.23. The number of ether oxygens (including phenoxy) is 1. The second-order valence-corrected chi connectivity index (χ2v) is 7.50. The molecule has 0 saturated carbocycles. The molecule has 2 aliphatic rings. The number of nitrogens with one attached hydrogen (secondary N) is 1. The lowest BCUT2D eigenvalue weighted by molar-refractivity contribution is -0.125. The third-order valence-electron chi connectivity index (χ3n) is 4.94. The number of rotatable bonds is 3. The van der Waals surface area contributed by atoms with E-state index >= 15 is 0 Å². The van der Waals surface area contributed by atoms with Gasteiger partial charge in [-0.25, -0.2) is 9.97 Å². The molecule has 7 heteroatoms. The van der Waals surface area contributed by atoms with Crippen LogP contribution in [0.3, 0.4) is 0 Å². The van der Waals surface area contributed by atoms with Crippen LogP contribution in [0.15, 0.2) is 11.7 Å². The number of amides is 1. The highest BCUT2D eigenvalue weighted by Crippen LogP contribution is 2.33. The zero-order valence-corrected chi connectivity index (χ0v) is 14.6. The van der Waals surface area contributed by atoms with Crippen LogP contribution in [-0.4, -0.2) is 48.2 Å². The van der Waals surface area contributed by atoms with E-state index < -0.39 is 0 Å². The third kappa shape index (κ3) is 2.98. The molecule has 2 aliphatic heterocycles. The van der Waals surface area contributed by atoms with Crippen LogP contribution in [0.1, 0.15) is 24.8 Å². The van der Waals surface area contributed by atoms with Gasteiger partial charge in [0.25, 0.3) is 0 Å². The number of carbonyl (C=O) groups excluding carboxylic acids is 1. The summed E-state index contributed by atoms with van der Waals surface area (Å²) in [6, 6.07) is 0.269. The fourth-order valence-corrected chi connectivity index (χ4v) is 4.53. The van der Waals surface area contributed by atoms with E-state index in [2.05, 4.69) is 32.5 Å². The lowest BCUT2D eigenvalue weighted by Crippen LogP contribution is -2.42. The first kappa shape index (κ1) is 15.8. The van der Waals surface area contributed by atoms with Crippen molar-refractivity contribution in [2.45, 2.75) is 32.2 Å². The smallest absolute Gasteiger partial charge is 0.225 e. The second-order valence-electron chi connectivity index (χ2n) is 6.62. The van der Waals surface area contributed by atoms with Crippen LogP contribution < -0.4 is 10.2 Å². The molecule has 4 rings (SSSR count). The second kappa shape index (κ2) is 6.64. The van der Waals surface area contributed by atoms with E-state index in [-0.39, 0.29) is 17.9 Å². The van der Waals surface area contributed by atoms with Crippen LogP contribution in [0.4, 0.5) is 5.82 Å². The first-order valence-electron chi connectivity index (χ1n) is 8.54. The molecule has 0 aliphatic carbocycles. The zero-order valence-electron chi connectivity index (χ0n) is 13.8. The van der Waals surface area contributed by atoms with Crippen molar-refractivity contribution in [2.24, 2.45) is 5.92 Å². The number of aryl methyl sites for hydroxylation is 1. The van der Waals surface area contributed by atoms with Crippen molar-refractivity contribution in [3.05, 3.63) is 17.3 Å². The molecule has 128 valence electrons. The third-order valence-corrected chi connectivity index (χ3v) is 6.02. The van der Waals surface area contributed by atoms with Gasteiger partial charge in [-0.2, -0.15) is 0 Å². The largest absolute Gasteiger partial charge is 0.381 e. The molecule has 24 heavy (non-hydrogen) atoms. The number of hydrogen-bond acceptors (Lipinski definition) is 6. The highest BCUT2D eigenvalue weighted by atomic mass is 32.1. The van der Waals surface area contributed by atoms with Gasteiger partial charge in [-0.15, -0.1) is 11.3 Å². The molecule has 1 atom stereocenters. The molecule has 0 radical (unpaired) electrons. The summed E-state index contributed by atoms with van der Waals surface area (Å²) in [5.41, 5.74) is 2.21. The summed E-state index contributed by atoms with van der Waals surface area (Å²) in [4.78, 5) is 23.7. The predicted octanol–water partition coefficient (Wildman–Crippen LogP) is 2.12. The van der Waals surface area contributed by atoms with Gasteiger partial charge in [-0.3, -0.25) is 4.79 Å². The molecule has 0 aromatic carbocycles. The van der Waals surface area contributed by atoms with Crippen molar-refractivity contribution in [3.63, 3.8) is 0 Å². The van der Waals surface area contributed by atoms with Crippen LogP contribution in [0, 0.1) is 12.8 Å². The van der Waals surface area contributed by atoms with Crippen LogP contribution in [0.25, 0.3) is 10.2 Å². The van der Waals surface area contributed by atoms with Gasteiger partial charge < -0.3 is 15.0 Å². The maximum absolute atomic E-state index is 12.5. The molecule has 6 nitrogen and oxygen atoms in total. The lowest BCUT2D eigenvalue weighted by atomic mass is 10.1. The fraction of sp³-hybridized carbons (Fsp3) is 0.588. The van der Waals surface area contributed by atoms with Gasteiger partial charge in [0.1, 0.15) is 12.1 Å². The number of nitrogens with zero attached hydrogens (tertiary/aromatic N) is 3. The van der Waals surface area contributed by atoms with E-state index in [4.69, 9.17) is 4.74 Å². The van der Waals surface area contributed by atoms with Gasteiger partial charge in [0, 0.05) is 32.3 Å². The van der Waals surface area contributed by atoms with E-state index in [1.807, 2.05) is 0 Å². The summed E-state index contributed by atoms with van der Waals surface area (Å²) in [5.74, 6) is 1.19. The van der Waals surface area contributed by atoms with E-state index in [0.29, 0.717) is 0 Å². The first-order valence-corrected chi connectivity index (χ1v) is 9.42. The van der Waals surface area contributed by atoms with Crippen molar-refractivity contribution < 1.29 is 9.53 Å². The standard InChI is InChI=1S/C17H22N4O2S/c1-11-9-24-15-14(11)18-10-19-16(15)21-5-2-12(8-21)17(22)20-13-3-6-23-7-4-13/h9-10,12-13H,2-8H2,1H3,(H,20,22). The van der Waals surface area contributed by atoms with Crippen LogP contribution in [0.5, 0.6) is 0 Å². The molecule has 0 bridgehead atoms. The number of anilines is 1. The molecule has 2 aromatic heterocycles. The van der Waals surface area contributed by atoms with Gasteiger partial charge in [-0.1, -0.05) is 0 Å². The molecule has 4 heterocycles. The molecule has 2 fully saturated rings. The Labute approximate surface area is 145 Å². The molecule has 2 saturated heterocycles. The summed E-state index contributed by atoms with van der Waals surface area (Å²) in [6.45, 7) is 5.17. The van der Waals surface area contributed by atoms with Gasteiger partial charge in [0.15, 0.2) is 0 Å². The van der Waals surface area contributed by atoms with E-state index in [0.717, 1.165) is 61.6 Å². The Morgan fingerprint density at radius 3 is 3.00 bits per heavy atom. The molecule has 1 amide bonds. The van der Waals surface area contributed by atoms with Gasteiger partial charge >= 0.3 is 0 Å². The normalized spacial score (nSPS) is 22.2. The molecule has 2 aromatic rings. The minimum absolute atomic E-state index is 0.0407. The number of thiophene rings is 1. The first-order chi connectivity index (χ1) is 11.7. The number of hydrogen-bond donors (Lipinski definition) is 1. The number of fused-ring (bicyclic) bond motifs is 1. The number of carbonyl (C=O) groups is 1. The molecule has 1 unspecified atom stereocenters. The Morgan fingerprint density at radius 2 is 2.17 bits per heavy atom. The van der Waals surface area contributed by atoms with E-state index in [1.54, 1.807) is 17.7 Å². The average molecular weight is 346 g/mol. The Balaban J connectivity index is 1.44. The van der Waals surface area contributed by atoms with Crippen molar-refractivity contribution in [2.75, 3.05) is 31.2 Å². The summed E-state index contributed by atoms with van der Waals surface area (Å²) in [6.07, 6.45) is 4.35. The quantitative estimate of drug-likeness (QED) is 0.922. The van der Waals surface area contributed by atoms with Crippen molar-refractivity contribution in [1.29, 1.82) is 0 Å². The Bertz CT molecular complexity index is 741. The highest BCUT2D eigenvalue weighted by Gasteiger charge is 2.31. The molecular formula is C17H22N4O2S. The van der Waals surface area contributed by atoms with Crippen molar-refractivity contribution in [3.8, 4) is 0 Å². The highest BCUT2D eigenvalue weighted by molar-refractivity contribution is 7.18. The summed E-state index contributed by atoms with van der Waals surface area (Å²) < 4.78 is 6.48. The van der Waals surface area contributed by atoms with E-state index in [1.165, 1.54) is 5.56 Å². The predicted molar refractivity (Wildman–Crippen MR) is 94.5 cm³/mol. The van der Waals surface area contributed by atoms with Crippen LogP contribution >= 0.6 is 11.3 Å². The molecule has 0 spiro atoms. The van der Waals surface area contributed by atoms with Crippen LogP contribution in [-0.2, 0) is 9.53 Å². The zero-order chi connectivity index (χ0) is 16.5. The SMILES string of the molecule is Cc1csc2c(N3CCC(C(=O)NC4CCOCC4)C3)ncnc12. The Hall–Kier alpha value is -1.73. The minimum Gasteiger partial charge on any atom is -0.381 e. The monoisotopic (exact) mass is 346 g/mol. The van der Waals surface area contributed by atoms with Gasteiger partial charge in [0.2, 0.25) is 5.91 Å². The lowest BCUT2D eigenvalue weighted by Gasteiger charge is -2.24. The molecule has 1 N–H and O–H groups in total. The summed E-state index contributed by atoms with van der Waals surface area (Å²) >= 11 is 1.68. The maximum atomic E-state index is 12.5. The Morgan fingerprint density at radius 1 is 1.33 bits per heavy atom. The number of aromatic nitrogens is 2. The Kier molecular flexibility index (Phi) is 4.37.